The fourth-order valence-electron chi connectivity index (χ4n) is 5.03. The van der Waals surface area contributed by atoms with Crippen LogP contribution in [0, 0.1) is 22.2 Å². The number of amidine groups is 1. The van der Waals surface area contributed by atoms with E-state index in [1.165, 1.54) is 25.7 Å². The van der Waals surface area contributed by atoms with Gasteiger partial charge in [-0.15, -0.1) is 0 Å². The predicted molar refractivity (Wildman–Crippen MR) is 66.7 cm³/mol. The maximum Gasteiger partial charge on any atom is 0.0961 e. The lowest BCUT2D eigenvalue weighted by atomic mass is 9.67. The molecule has 90 valence electrons. The van der Waals surface area contributed by atoms with Crippen molar-refractivity contribution in [1.82, 2.24) is 4.90 Å². The molecule has 3 rings (SSSR count). The van der Waals surface area contributed by atoms with Crippen LogP contribution in [0.4, 0.5) is 0 Å². The lowest BCUT2D eigenvalue weighted by Gasteiger charge is -2.48. The number of hydrogen-bond donors (Lipinski definition) is 1. The van der Waals surface area contributed by atoms with E-state index in [-0.39, 0.29) is 0 Å². The van der Waals surface area contributed by atoms with E-state index in [0.29, 0.717) is 16.9 Å². The number of nitrogens with one attached hydrogen (secondary N) is 1. The number of fused-ring (bicyclic) bond motifs is 2. The van der Waals surface area contributed by atoms with E-state index in [9.17, 15) is 0 Å². The molecule has 2 bridgehead atoms. The molecule has 0 spiro atoms. The molecule has 2 aliphatic carbocycles. The van der Waals surface area contributed by atoms with Crippen LogP contribution in [0.1, 0.15) is 52.9 Å². The summed E-state index contributed by atoms with van der Waals surface area (Å²) in [5.74, 6) is 1.81. The van der Waals surface area contributed by atoms with Gasteiger partial charge in [0, 0.05) is 19.0 Å². The van der Waals surface area contributed by atoms with Crippen molar-refractivity contribution in [2.75, 3.05) is 6.54 Å². The van der Waals surface area contributed by atoms with Crippen LogP contribution in [0.25, 0.3) is 0 Å². The van der Waals surface area contributed by atoms with Crippen LogP contribution in [0.15, 0.2) is 0 Å². The molecule has 1 aliphatic heterocycles. The fraction of sp³-hybridized carbons (Fsp3) is 0.929. The summed E-state index contributed by atoms with van der Waals surface area (Å²) in [7, 11) is 0. The van der Waals surface area contributed by atoms with E-state index < -0.39 is 0 Å². The summed E-state index contributed by atoms with van der Waals surface area (Å²) in [5.41, 5.74) is 0.911. The average Bonchev–Trinajstić information content (AvgIpc) is 2.78. The lowest BCUT2D eigenvalue weighted by Crippen LogP contribution is -2.52. The molecule has 3 aliphatic rings. The van der Waals surface area contributed by atoms with Crippen LogP contribution in [-0.2, 0) is 0 Å². The van der Waals surface area contributed by atoms with Gasteiger partial charge < -0.3 is 4.90 Å². The molecule has 3 unspecified atom stereocenters. The van der Waals surface area contributed by atoms with E-state index >= 15 is 0 Å². The van der Waals surface area contributed by atoms with E-state index in [0.717, 1.165) is 24.7 Å². The van der Waals surface area contributed by atoms with Gasteiger partial charge in [0.25, 0.3) is 0 Å². The van der Waals surface area contributed by atoms with Crippen LogP contribution < -0.4 is 0 Å². The monoisotopic (exact) mass is 220 g/mol. The van der Waals surface area contributed by atoms with Gasteiger partial charge in [-0.1, -0.05) is 20.8 Å². The Morgan fingerprint density at radius 2 is 2.06 bits per heavy atom. The van der Waals surface area contributed by atoms with Gasteiger partial charge in [0.15, 0.2) is 0 Å². The molecule has 2 saturated carbocycles. The van der Waals surface area contributed by atoms with Crippen molar-refractivity contribution in [1.29, 1.82) is 5.41 Å². The third kappa shape index (κ3) is 1.16. The molecule has 16 heavy (non-hydrogen) atoms. The first-order chi connectivity index (χ1) is 7.45. The SMILES string of the molecule is CC12CCC(C1)C(C)(C)C2N1CCCC1=N. The minimum Gasteiger partial charge on any atom is -0.356 e. The van der Waals surface area contributed by atoms with E-state index in [2.05, 4.69) is 25.7 Å². The molecule has 1 saturated heterocycles. The molecular formula is C14H24N2. The van der Waals surface area contributed by atoms with E-state index in [4.69, 9.17) is 5.41 Å². The van der Waals surface area contributed by atoms with Gasteiger partial charge in [0.1, 0.15) is 0 Å². The number of nitrogens with zero attached hydrogens (tertiary/aromatic N) is 1. The van der Waals surface area contributed by atoms with Crippen molar-refractivity contribution in [3.05, 3.63) is 0 Å². The normalized spacial score (nSPS) is 45.7. The highest BCUT2D eigenvalue weighted by Gasteiger charge is 2.61. The summed E-state index contributed by atoms with van der Waals surface area (Å²) in [6, 6.07) is 0.633. The van der Waals surface area contributed by atoms with Crippen LogP contribution >= 0.6 is 0 Å². The zero-order valence-electron chi connectivity index (χ0n) is 10.8. The van der Waals surface area contributed by atoms with Gasteiger partial charge in [0.2, 0.25) is 0 Å². The Morgan fingerprint density at radius 1 is 1.31 bits per heavy atom. The predicted octanol–water partition coefficient (Wildman–Crippen LogP) is 3.27. The van der Waals surface area contributed by atoms with Gasteiger partial charge in [-0.2, -0.15) is 0 Å². The first-order valence-electron chi connectivity index (χ1n) is 6.79. The highest BCUT2D eigenvalue weighted by Crippen LogP contribution is 2.64. The Labute approximate surface area is 98.9 Å². The zero-order chi connectivity index (χ0) is 11.6. The van der Waals surface area contributed by atoms with Gasteiger partial charge >= 0.3 is 0 Å². The molecule has 0 radical (unpaired) electrons. The highest BCUT2D eigenvalue weighted by molar-refractivity contribution is 5.81. The lowest BCUT2D eigenvalue weighted by molar-refractivity contribution is 0.0500. The van der Waals surface area contributed by atoms with Gasteiger partial charge in [-0.05, 0) is 42.4 Å². The molecule has 2 heteroatoms. The molecule has 0 aromatic carbocycles. The molecule has 1 heterocycles. The van der Waals surface area contributed by atoms with Crippen LogP contribution in [-0.4, -0.2) is 23.3 Å². The highest BCUT2D eigenvalue weighted by atomic mass is 15.2. The van der Waals surface area contributed by atoms with Gasteiger partial charge in [-0.3, -0.25) is 5.41 Å². The van der Waals surface area contributed by atoms with E-state index in [1.54, 1.807) is 0 Å². The van der Waals surface area contributed by atoms with Crippen molar-refractivity contribution >= 4 is 5.84 Å². The van der Waals surface area contributed by atoms with Crippen molar-refractivity contribution in [3.8, 4) is 0 Å². The van der Waals surface area contributed by atoms with Crippen LogP contribution in [0.2, 0.25) is 0 Å². The second-order valence-corrected chi connectivity index (χ2v) is 7.06. The minimum absolute atomic E-state index is 0.420. The molecule has 0 aromatic rings. The molecule has 3 atom stereocenters. The summed E-state index contributed by atoms with van der Waals surface area (Å²) < 4.78 is 0. The first kappa shape index (κ1) is 10.6. The van der Waals surface area contributed by atoms with Crippen molar-refractivity contribution in [2.24, 2.45) is 16.7 Å². The summed E-state index contributed by atoms with van der Waals surface area (Å²) in [4.78, 5) is 2.44. The van der Waals surface area contributed by atoms with Gasteiger partial charge in [0.05, 0.1) is 5.84 Å². The molecule has 1 N–H and O–H groups in total. The smallest absolute Gasteiger partial charge is 0.0961 e. The zero-order valence-corrected chi connectivity index (χ0v) is 10.8. The third-order valence-corrected chi connectivity index (χ3v) is 5.66. The summed E-state index contributed by atoms with van der Waals surface area (Å²) in [6.07, 6.45) is 6.41. The maximum atomic E-state index is 8.14. The molecule has 0 aromatic heterocycles. The second kappa shape index (κ2) is 3.02. The number of likely N-dealkylation sites (tertiary alicyclic amines) is 1. The first-order valence-corrected chi connectivity index (χ1v) is 6.79. The molecular weight excluding hydrogens is 196 g/mol. The minimum atomic E-state index is 0.420. The van der Waals surface area contributed by atoms with Crippen molar-refractivity contribution in [3.63, 3.8) is 0 Å². The quantitative estimate of drug-likeness (QED) is 0.721. The summed E-state index contributed by atoms with van der Waals surface area (Å²) in [5, 5.41) is 8.14. The summed E-state index contributed by atoms with van der Waals surface area (Å²) in [6.45, 7) is 8.49. The Bertz CT molecular complexity index is 329. The topological polar surface area (TPSA) is 27.1 Å². The standard InChI is InChI=1S/C14H24N2/c1-13(2)10-6-7-14(3,9-10)12(13)16-8-4-5-11(16)15/h10,12,15H,4-9H2,1-3H3. The molecule has 0 amide bonds. The van der Waals surface area contributed by atoms with Crippen molar-refractivity contribution < 1.29 is 0 Å². The second-order valence-electron chi connectivity index (χ2n) is 7.06. The third-order valence-electron chi connectivity index (χ3n) is 5.66. The van der Waals surface area contributed by atoms with Crippen LogP contribution in [0.5, 0.6) is 0 Å². The maximum absolute atomic E-state index is 8.14. The summed E-state index contributed by atoms with van der Waals surface area (Å²) >= 11 is 0. The van der Waals surface area contributed by atoms with E-state index in [1.807, 2.05) is 0 Å². The Kier molecular flexibility index (Phi) is 2.01. The Morgan fingerprint density at radius 3 is 2.56 bits per heavy atom. The largest absolute Gasteiger partial charge is 0.356 e. The van der Waals surface area contributed by atoms with Crippen molar-refractivity contribution in [2.45, 2.75) is 58.9 Å². The molecule has 3 fully saturated rings. The number of rotatable bonds is 1. The Hall–Kier alpha value is -0.530. The molecule has 2 nitrogen and oxygen atoms in total. The average molecular weight is 220 g/mol. The fourth-order valence-corrected chi connectivity index (χ4v) is 5.03. The number of hydrogen-bond acceptors (Lipinski definition) is 1. The van der Waals surface area contributed by atoms with Crippen LogP contribution in [0.3, 0.4) is 0 Å². The Balaban J connectivity index is 1.96. The van der Waals surface area contributed by atoms with Gasteiger partial charge in [-0.25, -0.2) is 0 Å².